The van der Waals surface area contributed by atoms with Gasteiger partial charge in [-0.25, -0.2) is 8.78 Å². The molecule has 0 amide bonds. The van der Waals surface area contributed by atoms with E-state index in [0.717, 1.165) is 0 Å². The second-order valence-electron chi connectivity index (χ2n) is 6.69. The third-order valence-electron chi connectivity index (χ3n) is 4.22. The molecule has 0 saturated heterocycles. The average Bonchev–Trinajstić information content (AvgIpc) is 2.36. The van der Waals surface area contributed by atoms with Crippen LogP contribution in [0.1, 0.15) is 33.3 Å². The van der Waals surface area contributed by atoms with Gasteiger partial charge in [0, 0.05) is 17.0 Å². The number of hydrogen-bond donors (Lipinski definition) is 1. The van der Waals surface area contributed by atoms with Gasteiger partial charge in [0.2, 0.25) is 0 Å². The number of fused-ring (bicyclic) bond motifs is 1. The molecule has 0 bridgehead atoms. The van der Waals surface area contributed by atoms with E-state index in [9.17, 15) is 13.9 Å². The van der Waals surface area contributed by atoms with E-state index >= 15 is 0 Å². The second-order valence-corrected chi connectivity index (χ2v) is 7.07. The first-order chi connectivity index (χ1) is 9.93. The van der Waals surface area contributed by atoms with Crippen LogP contribution >= 0.6 is 11.6 Å². The van der Waals surface area contributed by atoms with Crippen molar-refractivity contribution in [3.63, 3.8) is 0 Å². The molecule has 0 fully saturated rings. The number of ether oxygens (including phenoxy) is 1. The van der Waals surface area contributed by atoms with Crippen molar-refractivity contribution >= 4 is 24.5 Å². The molecular formula is C15H20BClF2O3. The molecule has 1 N–H and O–H groups in total. The first-order valence-corrected chi connectivity index (χ1v) is 7.48. The lowest BCUT2D eigenvalue weighted by Gasteiger charge is -2.37. The van der Waals surface area contributed by atoms with Crippen molar-refractivity contribution in [2.24, 2.45) is 0 Å². The summed E-state index contributed by atoms with van der Waals surface area (Å²) in [7, 11) is 0.120. The molecule has 7 heteroatoms. The van der Waals surface area contributed by atoms with Crippen LogP contribution in [0.5, 0.6) is 5.75 Å². The van der Waals surface area contributed by atoms with Gasteiger partial charge >= 0.3 is 7.48 Å². The molecule has 0 saturated carbocycles. The van der Waals surface area contributed by atoms with Gasteiger partial charge in [0.15, 0.2) is 6.61 Å². The smallest absolute Gasteiger partial charge is 0.310 e. The summed E-state index contributed by atoms with van der Waals surface area (Å²) in [5.74, 6) is -2.52. The number of benzene rings is 1. The maximum absolute atomic E-state index is 13.5. The maximum Gasteiger partial charge on any atom is 0.310 e. The van der Waals surface area contributed by atoms with Crippen molar-refractivity contribution in [1.29, 1.82) is 0 Å². The Balaban J connectivity index is 2.21. The molecule has 0 aliphatic carbocycles. The van der Waals surface area contributed by atoms with Crippen LogP contribution in [0.15, 0.2) is 12.1 Å². The van der Waals surface area contributed by atoms with Crippen LogP contribution in [-0.4, -0.2) is 36.3 Å². The summed E-state index contributed by atoms with van der Waals surface area (Å²) in [6.07, 6.45) is -0.441. The molecule has 1 aromatic carbocycles. The zero-order valence-corrected chi connectivity index (χ0v) is 13.9. The Kier molecular flexibility index (Phi) is 4.50. The van der Waals surface area contributed by atoms with E-state index in [1.807, 2.05) is 0 Å². The number of alkyl halides is 2. The van der Waals surface area contributed by atoms with Crippen molar-refractivity contribution in [2.45, 2.75) is 51.2 Å². The maximum atomic E-state index is 13.5. The van der Waals surface area contributed by atoms with Crippen LogP contribution < -0.4 is 10.2 Å². The van der Waals surface area contributed by atoms with Crippen molar-refractivity contribution in [3.8, 4) is 5.75 Å². The lowest BCUT2D eigenvalue weighted by Crippen LogP contribution is -2.49. The molecule has 0 radical (unpaired) electrons. The van der Waals surface area contributed by atoms with Crippen molar-refractivity contribution in [3.05, 3.63) is 22.7 Å². The minimum atomic E-state index is -2.91. The van der Waals surface area contributed by atoms with E-state index in [0.29, 0.717) is 16.8 Å². The summed E-state index contributed by atoms with van der Waals surface area (Å²) in [6.45, 7) is 6.19. The van der Waals surface area contributed by atoms with Gasteiger partial charge in [0.25, 0.3) is 5.92 Å². The lowest BCUT2D eigenvalue weighted by molar-refractivity contribution is -0.0893. The minimum absolute atomic E-state index is 0.120. The molecule has 1 heterocycles. The van der Waals surface area contributed by atoms with Gasteiger partial charge in [0.1, 0.15) is 5.75 Å². The highest BCUT2D eigenvalue weighted by atomic mass is 35.5. The fourth-order valence-corrected chi connectivity index (χ4v) is 2.27. The third kappa shape index (κ3) is 3.55. The predicted octanol–water partition coefficient (Wildman–Crippen LogP) is 2.45. The Morgan fingerprint density at radius 2 is 1.95 bits per heavy atom. The molecule has 0 aromatic heterocycles. The fraction of sp³-hybridized carbons (Fsp3) is 0.600. The van der Waals surface area contributed by atoms with Crippen LogP contribution in [0, 0.1) is 0 Å². The van der Waals surface area contributed by atoms with E-state index in [1.165, 1.54) is 0 Å². The highest BCUT2D eigenvalue weighted by molar-refractivity contribution is 6.54. The average molecular weight is 333 g/mol. The molecule has 1 aliphatic rings. The van der Waals surface area contributed by atoms with E-state index in [-0.39, 0.29) is 12.5 Å². The molecule has 2 rings (SSSR count). The molecule has 122 valence electrons. The molecule has 1 aromatic rings. The molecule has 1 aliphatic heterocycles. The van der Waals surface area contributed by atoms with Gasteiger partial charge in [-0.2, -0.15) is 0 Å². The summed E-state index contributed by atoms with van der Waals surface area (Å²) >= 11 is 6.24. The molecule has 3 nitrogen and oxygen atoms in total. The second kappa shape index (κ2) is 5.66. The fourth-order valence-electron chi connectivity index (χ4n) is 1.99. The van der Waals surface area contributed by atoms with Crippen LogP contribution in [0.2, 0.25) is 5.02 Å². The predicted molar refractivity (Wildman–Crippen MR) is 83.8 cm³/mol. The first-order valence-electron chi connectivity index (χ1n) is 7.10. The van der Waals surface area contributed by atoms with E-state index in [1.54, 1.807) is 39.8 Å². The Hall–Kier alpha value is -0.845. The highest BCUT2D eigenvalue weighted by Crippen LogP contribution is 2.36. The standard InChI is InChI=1S/C15H20BClF2O3/c1-13(2,20)14(3,4)22-16-10-5-6-11-9(12(10)17)7-15(18,19)8-21-11/h5-6,16,20H,7-8H2,1-4H3. The van der Waals surface area contributed by atoms with Crippen molar-refractivity contribution < 1.29 is 23.3 Å². The molecular weight excluding hydrogens is 312 g/mol. The number of halogens is 3. The topological polar surface area (TPSA) is 38.7 Å². The number of aliphatic hydroxyl groups is 1. The summed E-state index contributed by atoms with van der Waals surface area (Å²) in [5, 5.41) is 10.3. The third-order valence-corrected chi connectivity index (χ3v) is 4.69. The van der Waals surface area contributed by atoms with Gasteiger partial charge in [-0.15, -0.1) is 0 Å². The van der Waals surface area contributed by atoms with Crippen molar-refractivity contribution in [2.75, 3.05) is 6.61 Å². The Labute approximate surface area is 134 Å². The highest BCUT2D eigenvalue weighted by Gasteiger charge is 2.38. The van der Waals surface area contributed by atoms with Crippen LogP contribution in [0.25, 0.3) is 0 Å². The minimum Gasteiger partial charge on any atom is -0.487 e. The van der Waals surface area contributed by atoms with Gasteiger partial charge in [0.05, 0.1) is 11.2 Å². The molecule has 22 heavy (non-hydrogen) atoms. The monoisotopic (exact) mass is 332 g/mol. The quantitative estimate of drug-likeness (QED) is 0.861. The zero-order chi connectivity index (χ0) is 16.8. The van der Waals surface area contributed by atoms with E-state index < -0.39 is 30.2 Å². The van der Waals surface area contributed by atoms with Gasteiger partial charge in [-0.3, -0.25) is 0 Å². The van der Waals surface area contributed by atoms with Crippen LogP contribution in [0.4, 0.5) is 8.78 Å². The van der Waals surface area contributed by atoms with E-state index in [4.69, 9.17) is 21.0 Å². The Morgan fingerprint density at radius 1 is 1.32 bits per heavy atom. The molecule has 0 spiro atoms. The normalized spacial score (nSPS) is 17.6. The largest absolute Gasteiger partial charge is 0.487 e. The first kappa shape index (κ1) is 17.5. The Morgan fingerprint density at radius 3 is 2.55 bits per heavy atom. The SMILES string of the molecule is CC(C)(O)C(C)(C)OBc1ccc2c(c1Cl)CC(F)(F)CO2. The lowest BCUT2D eigenvalue weighted by atomic mass is 9.81. The van der Waals surface area contributed by atoms with Gasteiger partial charge in [-0.05, 0) is 39.2 Å². The van der Waals surface area contributed by atoms with E-state index in [2.05, 4.69) is 0 Å². The summed E-state index contributed by atoms with van der Waals surface area (Å²) in [6, 6.07) is 3.33. The van der Waals surface area contributed by atoms with Crippen LogP contribution in [-0.2, 0) is 11.1 Å². The van der Waals surface area contributed by atoms with Crippen molar-refractivity contribution in [1.82, 2.24) is 0 Å². The summed E-state index contributed by atoms with van der Waals surface area (Å²) in [4.78, 5) is 0. The Bertz CT molecular complexity index is 571. The van der Waals surface area contributed by atoms with Gasteiger partial charge < -0.3 is 14.5 Å². The molecule has 0 atom stereocenters. The number of rotatable bonds is 4. The molecule has 0 unspecified atom stereocenters. The zero-order valence-electron chi connectivity index (χ0n) is 13.2. The van der Waals surface area contributed by atoms with Gasteiger partial charge in [-0.1, -0.05) is 17.7 Å². The number of hydrogen-bond acceptors (Lipinski definition) is 3. The summed E-state index contributed by atoms with van der Waals surface area (Å²) in [5.41, 5.74) is -0.963. The van der Waals surface area contributed by atoms with Crippen LogP contribution in [0.3, 0.4) is 0 Å². The summed E-state index contributed by atoms with van der Waals surface area (Å²) < 4.78 is 37.8.